The van der Waals surface area contributed by atoms with Gasteiger partial charge in [0.05, 0.1) is 23.5 Å². The summed E-state index contributed by atoms with van der Waals surface area (Å²) in [7, 11) is 0. The molecule has 1 amide bonds. The number of amides is 1. The molecule has 0 saturated heterocycles. The Morgan fingerprint density at radius 2 is 2.04 bits per heavy atom. The van der Waals surface area contributed by atoms with Crippen LogP contribution in [0.1, 0.15) is 18.1 Å². The van der Waals surface area contributed by atoms with Gasteiger partial charge < -0.3 is 10.1 Å². The Labute approximate surface area is 157 Å². The van der Waals surface area contributed by atoms with Crippen molar-refractivity contribution in [2.24, 2.45) is 0 Å². The maximum atomic E-state index is 12.3. The molecule has 130 valence electrons. The summed E-state index contributed by atoms with van der Waals surface area (Å²) < 4.78 is 5.61. The van der Waals surface area contributed by atoms with Crippen molar-refractivity contribution in [3.05, 3.63) is 58.6 Å². The molecule has 0 aromatic heterocycles. The average molecular weight is 375 g/mol. The number of hydrogen-bond donors (Lipinski definition) is 1. The number of carbonyl (C=O) groups excluding carboxylic acids is 1. The highest BCUT2D eigenvalue weighted by Gasteiger charge is 2.15. The molecule has 0 radical (unpaired) electrons. The van der Waals surface area contributed by atoms with Crippen molar-refractivity contribution in [1.29, 1.82) is 5.26 Å². The number of anilines is 1. The summed E-state index contributed by atoms with van der Waals surface area (Å²) in [5, 5.41) is 12.1. The quantitative estimate of drug-likeness (QED) is 0.716. The number of halogens is 1. The lowest BCUT2D eigenvalue weighted by molar-refractivity contribution is -0.115. The zero-order chi connectivity index (χ0) is 18.2. The predicted molar refractivity (Wildman–Crippen MR) is 103 cm³/mol. The normalized spacial score (nSPS) is 11.4. The van der Waals surface area contributed by atoms with Crippen LogP contribution < -0.4 is 10.1 Å². The number of hydrogen-bond acceptors (Lipinski definition) is 4. The van der Waals surface area contributed by atoms with Gasteiger partial charge in [-0.05, 0) is 55.8 Å². The first-order valence-electron chi connectivity index (χ1n) is 7.82. The van der Waals surface area contributed by atoms with Crippen LogP contribution in [0.25, 0.3) is 0 Å². The van der Waals surface area contributed by atoms with Crippen LogP contribution in [0.4, 0.5) is 5.69 Å². The molecule has 0 saturated carbocycles. The van der Waals surface area contributed by atoms with Gasteiger partial charge in [-0.3, -0.25) is 4.79 Å². The van der Waals surface area contributed by atoms with Crippen LogP contribution in [0.15, 0.2) is 42.5 Å². The Morgan fingerprint density at radius 1 is 1.32 bits per heavy atom. The first kappa shape index (κ1) is 19.2. The van der Waals surface area contributed by atoms with Crippen LogP contribution in [0.3, 0.4) is 0 Å². The molecule has 0 aliphatic carbocycles. The molecule has 0 aliphatic rings. The molecule has 0 heterocycles. The largest absolute Gasteiger partial charge is 0.493 e. The summed E-state index contributed by atoms with van der Waals surface area (Å²) in [6.07, 6.45) is 0. The van der Waals surface area contributed by atoms with Crippen molar-refractivity contribution < 1.29 is 9.53 Å². The minimum absolute atomic E-state index is 0.0614. The molecule has 2 rings (SSSR count). The summed E-state index contributed by atoms with van der Waals surface area (Å²) in [6.45, 7) is 4.23. The average Bonchev–Trinajstić information content (AvgIpc) is 2.62. The van der Waals surface area contributed by atoms with Crippen LogP contribution in [-0.2, 0) is 4.79 Å². The van der Waals surface area contributed by atoms with Crippen molar-refractivity contribution in [3.8, 4) is 11.8 Å². The highest BCUT2D eigenvalue weighted by Crippen LogP contribution is 2.24. The van der Waals surface area contributed by atoms with E-state index in [1.807, 2.05) is 26.0 Å². The minimum Gasteiger partial charge on any atom is -0.493 e. The van der Waals surface area contributed by atoms with Gasteiger partial charge in [0.15, 0.2) is 0 Å². The molecule has 0 aliphatic heterocycles. The zero-order valence-electron chi connectivity index (χ0n) is 14.1. The third-order valence-electron chi connectivity index (χ3n) is 3.60. The fourth-order valence-electron chi connectivity index (χ4n) is 2.06. The Hall–Kier alpha value is -2.16. The summed E-state index contributed by atoms with van der Waals surface area (Å²) >= 11 is 7.58. The van der Waals surface area contributed by atoms with E-state index in [9.17, 15) is 4.79 Å². The van der Waals surface area contributed by atoms with E-state index >= 15 is 0 Å². The number of nitrogens with one attached hydrogen (secondary N) is 1. The lowest BCUT2D eigenvalue weighted by Crippen LogP contribution is -2.23. The monoisotopic (exact) mass is 374 g/mol. The van der Waals surface area contributed by atoms with Crippen LogP contribution >= 0.6 is 23.4 Å². The van der Waals surface area contributed by atoms with E-state index in [1.165, 1.54) is 11.8 Å². The number of benzene rings is 2. The van der Waals surface area contributed by atoms with Crippen molar-refractivity contribution in [2.45, 2.75) is 19.1 Å². The zero-order valence-corrected chi connectivity index (χ0v) is 15.7. The molecule has 25 heavy (non-hydrogen) atoms. The van der Waals surface area contributed by atoms with E-state index in [1.54, 1.807) is 30.3 Å². The van der Waals surface area contributed by atoms with Gasteiger partial charge in [-0.1, -0.05) is 17.7 Å². The van der Waals surface area contributed by atoms with Crippen molar-refractivity contribution >= 4 is 35.0 Å². The van der Waals surface area contributed by atoms with E-state index in [0.717, 1.165) is 11.3 Å². The smallest absolute Gasteiger partial charge is 0.237 e. The van der Waals surface area contributed by atoms with Gasteiger partial charge in [0.2, 0.25) is 5.91 Å². The molecule has 1 N–H and O–H groups in total. The molecule has 2 aromatic carbocycles. The number of nitriles is 1. The molecule has 6 heteroatoms. The second-order valence-corrected chi connectivity index (χ2v) is 7.26. The number of thioether (sulfide) groups is 1. The fraction of sp³-hybridized carbons (Fsp3) is 0.263. The Bertz CT molecular complexity index is 772. The summed E-state index contributed by atoms with van der Waals surface area (Å²) in [5.41, 5.74) is 2.20. The minimum atomic E-state index is -0.206. The Morgan fingerprint density at radius 3 is 2.72 bits per heavy atom. The van der Waals surface area contributed by atoms with Crippen LogP contribution in [0.5, 0.6) is 5.75 Å². The van der Waals surface area contributed by atoms with Crippen molar-refractivity contribution in [1.82, 2.24) is 0 Å². The number of rotatable bonds is 7. The molecule has 0 bridgehead atoms. The van der Waals surface area contributed by atoms with E-state index in [-0.39, 0.29) is 11.2 Å². The first-order chi connectivity index (χ1) is 12.0. The van der Waals surface area contributed by atoms with Crippen LogP contribution in [0.2, 0.25) is 5.02 Å². The summed E-state index contributed by atoms with van der Waals surface area (Å²) in [6, 6.07) is 14.5. The summed E-state index contributed by atoms with van der Waals surface area (Å²) in [4.78, 5) is 12.3. The lowest BCUT2D eigenvalue weighted by Gasteiger charge is -2.14. The Balaban J connectivity index is 1.75. The van der Waals surface area contributed by atoms with E-state index in [2.05, 4.69) is 11.4 Å². The standard InChI is InChI=1S/C19H19ClN2O2S/c1-13-17(20)4-3-5-18(13)22-19(23)14(2)25-11-10-24-16-8-6-15(12-21)7-9-16/h3-9,14H,10-11H2,1-2H3,(H,22,23)/t14-/m1/s1. The fourth-order valence-corrected chi connectivity index (χ4v) is 2.98. The molecule has 0 unspecified atom stereocenters. The number of ether oxygens (including phenoxy) is 1. The number of nitrogens with zero attached hydrogens (tertiary/aromatic N) is 1. The van der Waals surface area contributed by atoms with E-state index < -0.39 is 0 Å². The van der Waals surface area contributed by atoms with Gasteiger partial charge in [-0.25, -0.2) is 0 Å². The second-order valence-electron chi connectivity index (χ2n) is 5.40. The second kappa shape index (κ2) is 9.36. The first-order valence-corrected chi connectivity index (χ1v) is 9.24. The van der Waals surface area contributed by atoms with Crippen molar-refractivity contribution in [2.75, 3.05) is 17.7 Å². The SMILES string of the molecule is Cc1c(Cl)cccc1NC(=O)[C@@H](C)SCCOc1ccc(C#N)cc1. The summed E-state index contributed by atoms with van der Waals surface area (Å²) in [5.74, 6) is 1.34. The van der Waals surface area contributed by atoms with E-state index in [0.29, 0.717) is 28.7 Å². The lowest BCUT2D eigenvalue weighted by atomic mass is 10.2. The van der Waals surface area contributed by atoms with Gasteiger partial charge in [0.1, 0.15) is 5.75 Å². The van der Waals surface area contributed by atoms with Crippen LogP contribution in [0, 0.1) is 18.3 Å². The van der Waals surface area contributed by atoms with E-state index in [4.69, 9.17) is 21.6 Å². The van der Waals surface area contributed by atoms with Crippen LogP contribution in [-0.4, -0.2) is 23.5 Å². The maximum Gasteiger partial charge on any atom is 0.237 e. The highest BCUT2D eigenvalue weighted by atomic mass is 35.5. The molecule has 2 aromatic rings. The van der Waals surface area contributed by atoms with Gasteiger partial charge >= 0.3 is 0 Å². The third kappa shape index (κ3) is 5.70. The van der Waals surface area contributed by atoms with Gasteiger partial charge in [0, 0.05) is 16.5 Å². The van der Waals surface area contributed by atoms with Gasteiger partial charge in [-0.2, -0.15) is 5.26 Å². The highest BCUT2D eigenvalue weighted by molar-refractivity contribution is 8.00. The molecular formula is C19H19ClN2O2S. The number of carbonyl (C=O) groups is 1. The van der Waals surface area contributed by atoms with Gasteiger partial charge in [0.25, 0.3) is 0 Å². The van der Waals surface area contributed by atoms with Crippen molar-refractivity contribution in [3.63, 3.8) is 0 Å². The molecular weight excluding hydrogens is 356 g/mol. The van der Waals surface area contributed by atoms with Gasteiger partial charge in [-0.15, -0.1) is 11.8 Å². The topological polar surface area (TPSA) is 62.1 Å². The molecule has 0 fully saturated rings. The predicted octanol–water partition coefficient (Wildman–Crippen LogP) is 4.66. The molecule has 1 atom stereocenters. The Kier molecular flexibility index (Phi) is 7.17. The third-order valence-corrected chi connectivity index (χ3v) is 5.12. The molecule has 4 nitrogen and oxygen atoms in total. The molecule has 0 spiro atoms. The maximum absolute atomic E-state index is 12.3.